The monoisotopic (exact) mass is 263 g/mol. The number of carbonyl (C=O) groups is 2. The van der Waals surface area contributed by atoms with Gasteiger partial charge in [-0.15, -0.1) is 0 Å². The quantitative estimate of drug-likeness (QED) is 0.707. The van der Waals surface area contributed by atoms with Gasteiger partial charge in [0.05, 0.1) is 0 Å². The van der Waals surface area contributed by atoms with Crippen LogP contribution in [0, 0.1) is 0 Å². The van der Waals surface area contributed by atoms with E-state index in [-0.39, 0.29) is 23.9 Å². The lowest BCUT2D eigenvalue weighted by molar-refractivity contribution is -0.155. The van der Waals surface area contributed by atoms with Crippen LogP contribution in [0.3, 0.4) is 0 Å². The Morgan fingerprint density at radius 3 is 2.53 bits per heavy atom. The topological polar surface area (TPSA) is 43.9 Å². The first-order valence-electron chi connectivity index (χ1n) is 7.58. The van der Waals surface area contributed by atoms with Gasteiger partial charge in [-0.2, -0.15) is 0 Å². The Labute approximate surface area is 113 Å². The molecule has 104 valence electrons. The molecule has 2 atom stereocenters. The highest BCUT2D eigenvalue weighted by molar-refractivity contribution is 5.95. The van der Waals surface area contributed by atoms with Crippen LogP contribution in [0.4, 0.5) is 0 Å². The summed E-state index contributed by atoms with van der Waals surface area (Å²) in [7, 11) is 0. The summed E-state index contributed by atoms with van der Waals surface area (Å²) < 4.78 is 0. The van der Waals surface area contributed by atoms with Crippen LogP contribution >= 0.6 is 0 Å². The second kappa shape index (κ2) is 4.20. The Hall–Kier alpha value is -1.10. The first-order chi connectivity index (χ1) is 9.24. The van der Waals surface area contributed by atoms with Crippen molar-refractivity contribution in [1.29, 1.82) is 0 Å². The SMILES string of the molecule is O=C1C2CCCN2C(=O)CN1C1CCN(C2CC2)C1. The Kier molecular flexibility index (Phi) is 2.59. The lowest BCUT2D eigenvalue weighted by atomic mass is 10.1. The Morgan fingerprint density at radius 2 is 1.74 bits per heavy atom. The maximum atomic E-state index is 12.5. The standard InChI is InChI=1S/C14H21N3O2/c18-13-9-17(14(19)12-2-1-6-16(12)13)11-5-7-15(8-11)10-3-4-10/h10-12H,1-9H2. The van der Waals surface area contributed by atoms with Crippen molar-refractivity contribution in [3.8, 4) is 0 Å². The van der Waals surface area contributed by atoms with Crippen molar-refractivity contribution in [1.82, 2.24) is 14.7 Å². The van der Waals surface area contributed by atoms with Crippen molar-refractivity contribution in [2.45, 2.75) is 50.2 Å². The van der Waals surface area contributed by atoms with Gasteiger partial charge in [-0.05, 0) is 32.1 Å². The van der Waals surface area contributed by atoms with Crippen LogP contribution in [0.15, 0.2) is 0 Å². The molecule has 0 aromatic rings. The van der Waals surface area contributed by atoms with Crippen molar-refractivity contribution < 1.29 is 9.59 Å². The van der Waals surface area contributed by atoms with E-state index in [1.807, 2.05) is 4.90 Å². The average Bonchev–Trinajstić information content (AvgIpc) is 2.94. The van der Waals surface area contributed by atoms with Crippen LogP contribution in [0.1, 0.15) is 32.1 Å². The molecule has 0 radical (unpaired) electrons. The number of fused-ring (bicyclic) bond motifs is 1. The van der Waals surface area contributed by atoms with Gasteiger partial charge < -0.3 is 9.80 Å². The fourth-order valence-corrected chi connectivity index (χ4v) is 3.93. The summed E-state index contributed by atoms with van der Waals surface area (Å²) in [6, 6.07) is 0.902. The summed E-state index contributed by atoms with van der Waals surface area (Å²) in [6.07, 6.45) is 5.52. The minimum atomic E-state index is -0.142. The van der Waals surface area contributed by atoms with Crippen molar-refractivity contribution in [3.63, 3.8) is 0 Å². The molecule has 1 aliphatic carbocycles. The second-order valence-corrected chi connectivity index (χ2v) is 6.38. The lowest BCUT2D eigenvalue weighted by Gasteiger charge is -2.39. The molecule has 3 aliphatic heterocycles. The third-order valence-corrected chi connectivity index (χ3v) is 5.15. The van der Waals surface area contributed by atoms with E-state index in [0.717, 1.165) is 44.9 Å². The lowest BCUT2D eigenvalue weighted by Crippen LogP contribution is -2.60. The van der Waals surface area contributed by atoms with E-state index in [0.29, 0.717) is 6.54 Å². The van der Waals surface area contributed by atoms with E-state index in [9.17, 15) is 9.59 Å². The van der Waals surface area contributed by atoms with Crippen LogP contribution in [-0.4, -0.2) is 70.8 Å². The summed E-state index contributed by atoms with van der Waals surface area (Å²) in [6.45, 7) is 3.18. The first-order valence-corrected chi connectivity index (χ1v) is 7.58. The molecule has 1 saturated carbocycles. The highest BCUT2D eigenvalue weighted by Crippen LogP contribution is 2.33. The van der Waals surface area contributed by atoms with Gasteiger partial charge in [0.25, 0.3) is 0 Å². The molecule has 4 fully saturated rings. The van der Waals surface area contributed by atoms with Crippen molar-refractivity contribution >= 4 is 11.8 Å². The Morgan fingerprint density at radius 1 is 0.895 bits per heavy atom. The molecular formula is C14H21N3O2. The van der Waals surface area contributed by atoms with Crippen molar-refractivity contribution in [3.05, 3.63) is 0 Å². The third-order valence-electron chi connectivity index (χ3n) is 5.15. The predicted molar refractivity (Wildman–Crippen MR) is 69.4 cm³/mol. The van der Waals surface area contributed by atoms with E-state index in [4.69, 9.17) is 0 Å². The van der Waals surface area contributed by atoms with Gasteiger partial charge in [-0.25, -0.2) is 0 Å². The fourth-order valence-electron chi connectivity index (χ4n) is 3.93. The normalized spacial score (nSPS) is 36.2. The smallest absolute Gasteiger partial charge is 0.246 e. The summed E-state index contributed by atoms with van der Waals surface area (Å²) in [4.78, 5) is 30.9. The van der Waals surface area contributed by atoms with E-state index < -0.39 is 0 Å². The van der Waals surface area contributed by atoms with Crippen LogP contribution in [0.25, 0.3) is 0 Å². The predicted octanol–water partition coefficient (Wildman–Crippen LogP) is 0.0563. The van der Waals surface area contributed by atoms with Gasteiger partial charge in [-0.3, -0.25) is 14.5 Å². The number of likely N-dealkylation sites (tertiary alicyclic amines) is 1. The molecule has 3 heterocycles. The maximum Gasteiger partial charge on any atom is 0.246 e. The molecule has 4 rings (SSSR count). The summed E-state index contributed by atoms with van der Waals surface area (Å²) in [5, 5.41) is 0. The summed E-state index contributed by atoms with van der Waals surface area (Å²) in [5.74, 6) is 0.367. The highest BCUT2D eigenvalue weighted by Gasteiger charge is 2.46. The van der Waals surface area contributed by atoms with Crippen molar-refractivity contribution in [2.75, 3.05) is 26.2 Å². The molecule has 5 heteroatoms. The largest absolute Gasteiger partial charge is 0.329 e. The molecule has 0 aromatic carbocycles. The van der Waals surface area contributed by atoms with Gasteiger partial charge in [0.15, 0.2) is 0 Å². The number of nitrogens with zero attached hydrogens (tertiary/aromatic N) is 3. The summed E-state index contributed by atoms with van der Waals surface area (Å²) in [5.41, 5.74) is 0. The fraction of sp³-hybridized carbons (Fsp3) is 0.857. The number of amides is 2. The maximum absolute atomic E-state index is 12.5. The zero-order valence-electron chi connectivity index (χ0n) is 11.3. The number of hydrogen-bond acceptors (Lipinski definition) is 3. The van der Waals surface area contributed by atoms with Gasteiger partial charge in [0.1, 0.15) is 12.6 Å². The molecule has 0 bridgehead atoms. The van der Waals surface area contributed by atoms with Gasteiger partial charge >= 0.3 is 0 Å². The average molecular weight is 263 g/mol. The van der Waals surface area contributed by atoms with E-state index in [1.54, 1.807) is 4.90 Å². The number of piperazine rings is 1. The molecule has 2 unspecified atom stereocenters. The van der Waals surface area contributed by atoms with Crippen molar-refractivity contribution in [2.24, 2.45) is 0 Å². The molecule has 3 saturated heterocycles. The van der Waals surface area contributed by atoms with Crippen LogP contribution in [0.2, 0.25) is 0 Å². The molecule has 2 amide bonds. The van der Waals surface area contributed by atoms with Gasteiger partial charge in [0.2, 0.25) is 11.8 Å². The first kappa shape index (κ1) is 11.7. The third kappa shape index (κ3) is 1.86. The Balaban J connectivity index is 1.48. The molecular weight excluding hydrogens is 242 g/mol. The van der Waals surface area contributed by atoms with Gasteiger partial charge in [-0.1, -0.05) is 0 Å². The number of rotatable bonds is 2. The number of hydrogen-bond donors (Lipinski definition) is 0. The molecule has 19 heavy (non-hydrogen) atoms. The Bertz CT molecular complexity index is 421. The molecule has 0 aromatic heterocycles. The van der Waals surface area contributed by atoms with E-state index in [1.165, 1.54) is 12.8 Å². The van der Waals surface area contributed by atoms with E-state index >= 15 is 0 Å². The number of carbonyl (C=O) groups excluding carboxylic acids is 2. The molecule has 5 nitrogen and oxygen atoms in total. The zero-order chi connectivity index (χ0) is 13.0. The highest BCUT2D eigenvalue weighted by atomic mass is 16.2. The van der Waals surface area contributed by atoms with Crippen LogP contribution in [0.5, 0.6) is 0 Å². The zero-order valence-corrected chi connectivity index (χ0v) is 11.3. The minimum absolute atomic E-state index is 0.142. The van der Waals surface area contributed by atoms with Crippen LogP contribution < -0.4 is 0 Å². The van der Waals surface area contributed by atoms with Gasteiger partial charge in [0, 0.05) is 31.7 Å². The molecule has 0 spiro atoms. The van der Waals surface area contributed by atoms with E-state index in [2.05, 4.69) is 4.90 Å². The molecule has 4 aliphatic rings. The second-order valence-electron chi connectivity index (χ2n) is 6.38. The molecule has 0 N–H and O–H groups in total. The van der Waals surface area contributed by atoms with Crippen LogP contribution in [-0.2, 0) is 9.59 Å². The summed E-state index contributed by atoms with van der Waals surface area (Å²) >= 11 is 0. The minimum Gasteiger partial charge on any atom is -0.329 e.